The van der Waals surface area contributed by atoms with Gasteiger partial charge in [0, 0.05) is 30.5 Å². The number of anilines is 2. The number of amides is 2. The second kappa shape index (κ2) is 11.3. The summed E-state index contributed by atoms with van der Waals surface area (Å²) >= 11 is 0. The SMILES string of the molecule is O=C(Nc1ccc(NC2CCCCC2)cc1)C1CCCN(C(=O)c2ccccc2OC(F)F)C1. The van der Waals surface area contributed by atoms with Crippen molar-refractivity contribution in [2.75, 3.05) is 23.7 Å². The number of carbonyl (C=O) groups excluding carboxylic acids is 2. The number of para-hydroxylation sites is 1. The number of benzene rings is 2. The van der Waals surface area contributed by atoms with Crippen LogP contribution in [0.2, 0.25) is 0 Å². The van der Waals surface area contributed by atoms with Crippen molar-refractivity contribution in [2.24, 2.45) is 5.92 Å². The average molecular weight is 472 g/mol. The molecule has 2 amide bonds. The summed E-state index contributed by atoms with van der Waals surface area (Å²) in [5.74, 6) is -1.09. The molecule has 1 saturated carbocycles. The first-order valence-electron chi connectivity index (χ1n) is 12.0. The van der Waals surface area contributed by atoms with Crippen LogP contribution in [-0.4, -0.2) is 42.5 Å². The Morgan fingerprint density at radius 1 is 0.912 bits per heavy atom. The van der Waals surface area contributed by atoms with Gasteiger partial charge in [-0.2, -0.15) is 8.78 Å². The van der Waals surface area contributed by atoms with Gasteiger partial charge in [-0.3, -0.25) is 9.59 Å². The molecule has 0 radical (unpaired) electrons. The highest BCUT2D eigenvalue weighted by Gasteiger charge is 2.30. The van der Waals surface area contributed by atoms with Crippen molar-refractivity contribution in [3.05, 3.63) is 54.1 Å². The number of nitrogens with one attached hydrogen (secondary N) is 2. The number of hydrogen-bond donors (Lipinski definition) is 2. The number of alkyl halides is 2. The fraction of sp³-hybridized carbons (Fsp3) is 0.462. The molecule has 2 aromatic rings. The van der Waals surface area contributed by atoms with Gasteiger partial charge in [0.15, 0.2) is 0 Å². The fourth-order valence-electron chi connectivity index (χ4n) is 4.76. The zero-order valence-electron chi connectivity index (χ0n) is 19.1. The summed E-state index contributed by atoms with van der Waals surface area (Å²) in [5.41, 5.74) is 1.83. The molecule has 1 saturated heterocycles. The van der Waals surface area contributed by atoms with E-state index in [2.05, 4.69) is 15.4 Å². The molecular weight excluding hydrogens is 440 g/mol. The zero-order chi connectivity index (χ0) is 23.9. The van der Waals surface area contributed by atoms with Gasteiger partial charge >= 0.3 is 6.61 Å². The maximum absolute atomic E-state index is 13.0. The lowest BCUT2D eigenvalue weighted by molar-refractivity contribution is -0.121. The van der Waals surface area contributed by atoms with E-state index in [-0.39, 0.29) is 29.7 Å². The molecule has 2 fully saturated rings. The highest BCUT2D eigenvalue weighted by molar-refractivity contribution is 5.98. The van der Waals surface area contributed by atoms with Gasteiger partial charge < -0.3 is 20.3 Å². The van der Waals surface area contributed by atoms with Crippen LogP contribution in [-0.2, 0) is 4.79 Å². The molecule has 2 aromatic carbocycles. The number of carbonyl (C=O) groups is 2. The van der Waals surface area contributed by atoms with Crippen molar-refractivity contribution in [1.29, 1.82) is 0 Å². The van der Waals surface area contributed by atoms with E-state index in [4.69, 9.17) is 0 Å². The maximum Gasteiger partial charge on any atom is 0.387 e. The summed E-state index contributed by atoms with van der Waals surface area (Å²) in [6.07, 6.45) is 7.53. The van der Waals surface area contributed by atoms with Gasteiger partial charge in [-0.25, -0.2) is 0 Å². The number of nitrogens with zero attached hydrogens (tertiary/aromatic N) is 1. The lowest BCUT2D eigenvalue weighted by Gasteiger charge is -2.32. The van der Waals surface area contributed by atoms with Gasteiger partial charge in [-0.1, -0.05) is 31.4 Å². The molecule has 4 rings (SSSR count). The predicted octanol–water partition coefficient (Wildman–Crippen LogP) is 5.52. The summed E-state index contributed by atoms with van der Waals surface area (Å²) in [6.45, 7) is -2.32. The Bertz CT molecular complexity index is 978. The largest absolute Gasteiger partial charge is 0.434 e. The zero-order valence-corrected chi connectivity index (χ0v) is 19.1. The van der Waals surface area contributed by atoms with Gasteiger partial charge in [0.05, 0.1) is 11.5 Å². The van der Waals surface area contributed by atoms with E-state index in [0.29, 0.717) is 31.1 Å². The molecule has 34 heavy (non-hydrogen) atoms. The number of ether oxygens (including phenoxy) is 1. The van der Waals surface area contributed by atoms with Crippen LogP contribution in [0, 0.1) is 5.92 Å². The lowest BCUT2D eigenvalue weighted by Crippen LogP contribution is -2.43. The van der Waals surface area contributed by atoms with Crippen LogP contribution >= 0.6 is 0 Å². The highest BCUT2D eigenvalue weighted by Crippen LogP contribution is 2.26. The second-order valence-corrected chi connectivity index (χ2v) is 9.01. The highest BCUT2D eigenvalue weighted by atomic mass is 19.3. The quantitative estimate of drug-likeness (QED) is 0.558. The predicted molar refractivity (Wildman–Crippen MR) is 127 cm³/mol. The Kier molecular flexibility index (Phi) is 7.98. The first kappa shape index (κ1) is 24.0. The number of likely N-dealkylation sites (tertiary alicyclic amines) is 1. The van der Waals surface area contributed by atoms with Crippen molar-refractivity contribution in [2.45, 2.75) is 57.6 Å². The molecule has 1 unspecified atom stereocenters. The van der Waals surface area contributed by atoms with E-state index >= 15 is 0 Å². The molecule has 8 heteroatoms. The van der Waals surface area contributed by atoms with Crippen molar-refractivity contribution >= 4 is 23.2 Å². The summed E-state index contributed by atoms with van der Waals surface area (Å²) in [5, 5.41) is 6.51. The molecule has 0 spiro atoms. The summed E-state index contributed by atoms with van der Waals surface area (Å²) in [7, 11) is 0. The molecule has 1 heterocycles. The Balaban J connectivity index is 1.34. The van der Waals surface area contributed by atoms with Crippen LogP contribution in [0.1, 0.15) is 55.3 Å². The topological polar surface area (TPSA) is 70.7 Å². The van der Waals surface area contributed by atoms with Gasteiger partial charge in [-0.05, 0) is 62.1 Å². The molecule has 0 aromatic heterocycles. The van der Waals surface area contributed by atoms with E-state index < -0.39 is 12.5 Å². The van der Waals surface area contributed by atoms with E-state index in [1.807, 2.05) is 24.3 Å². The number of piperidine rings is 1. The third-order valence-corrected chi connectivity index (χ3v) is 6.54. The second-order valence-electron chi connectivity index (χ2n) is 9.01. The van der Waals surface area contributed by atoms with Crippen LogP contribution in [0.15, 0.2) is 48.5 Å². The molecule has 1 aliphatic heterocycles. The minimum Gasteiger partial charge on any atom is -0.434 e. The van der Waals surface area contributed by atoms with Crippen molar-refractivity contribution in [3.8, 4) is 5.75 Å². The maximum atomic E-state index is 13.0. The standard InChI is InChI=1S/C26H31F2N3O3/c27-26(28)34-23-11-5-4-10-22(23)25(33)31-16-6-7-18(17-31)24(32)30-21-14-12-20(13-15-21)29-19-8-2-1-3-9-19/h4-5,10-15,18-19,26,29H,1-3,6-9,16-17H2,(H,30,32). The molecule has 2 N–H and O–H groups in total. The minimum absolute atomic E-state index is 0.0740. The summed E-state index contributed by atoms with van der Waals surface area (Å²) < 4.78 is 29.9. The Labute approximate surface area is 198 Å². The summed E-state index contributed by atoms with van der Waals surface area (Å²) in [4.78, 5) is 27.4. The first-order valence-corrected chi connectivity index (χ1v) is 12.0. The van der Waals surface area contributed by atoms with Crippen LogP contribution in [0.5, 0.6) is 5.75 Å². The third kappa shape index (κ3) is 6.24. The molecular formula is C26H31F2N3O3. The molecule has 2 aliphatic rings. The lowest BCUT2D eigenvalue weighted by atomic mass is 9.95. The molecule has 1 atom stereocenters. The van der Waals surface area contributed by atoms with Crippen molar-refractivity contribution in [3.63, 3.8) is 0 Å². The normalized spacial score (nSPS) is 19.0. The monoisotopic (exact) mass is 471 g/mol. The van der Waals surface area contributed by atoms with Crippen molar-refractivity contribution in [1.82, 2.24) is 4.90 Å². The third-order valence-electron chi connectivity index (χ3n) is 6.54. The summed E-state index contributed by atoms with van der Waals surface area (Å²) in [6, 6.07) is 14.2. The Morgan fingerprint density at radius 3 is 2.35 bits per heavy atom. The average Bonchev–Trinajstić information content (AvgIpc) is 2.85. The van der Waals surface area contributed by atoms with E-state index in [1.54, 1.807) is 11.0 Å². The van der Waals surface area contributed by atoms with Gasteiger partial charge in [-0.15, -0.1) is 0 Å². The van der Waals surface area contributed by atoms with E-state index in [9.17, 15) is 18.4 Å². The Morgan fingerprint density at radius 2 is 1.62 bits per heavy atom. The van der Waals surface area contributed by atoms with E-state index in [0.717, 1.165) is 5.69 Å². The van der Waals surface area contributed by atoms with Gasteiger partial charge in [0.1, 0.15) is 5.75 Å². The molecule has 182 valence electrons. The minimum atomic E-state index is -3.02. The fourth-order valence-corrected chi connectivity index (χ4v) is 4.76. The number of hydrogen-bond acceptors (Lipinski definition) is 4. The van der Waals surface area contributed by atoms with E-state index in [1.165, 1.54) is 50.3 Å². The molecule has 1 aliphatic carbocycles. The van der Waals surface area contributed by atoms with Gasteiger partial charge in [0.25, 0.3) is 5.91 Å². The smallest absolute Gasteiger partial charge is 0.387 e. The van der Waals surface area contributed by atoms with Crippen LogP contribution in [0.4, 0.5) is 20.2 Å². The number of halogens is 2. The van der Waals surface area contributed by atoms with Crippen LogP contribution in [0.25, 0.3) is 0 Å². The first-order chi connectivity index (χ1) is 16.5. The van der Waals surface area contributed by atoms with Crippen LogP contribution < -0.4 is 15.4 Å². The van der Waals surface area contributed by atoms with Crippen LogP contribution in [0.3, 0.4) is 0 Å². The Hall–Kier alpha value is -3.16. The van der Waals surface area contributed by atoms with Crippen molar-refractivity contribution < 1.29 is 23.1 Å². The number of rotatable bonds is 7. The molecule has 0 bridgehead atoms. The van der Waals surface area contributed by atoms with Gasteiger partial charge in [0.2, 0.25) is 5.91 Å². The molecule has 6 nitrogen and oxygen atoms in total.